The van der Waals surface area contributed by atoms with E-state index in [1.165, 1.54) is 13.0 Å². The molecule has 2 atom stereocenters. The van der Waals surface area contributed by atoms with Crippen molar-refractivity contribution in [1.82, 2.24) is 29.3 Å². The predicted octanol–water partition coefficient (Wildman–Crippen LogP) is 4.69. The maximum atomic E-state index is 11.9. The van der Waals surface area contributed by atoms with Gasteiger partial charge in [0, 0.05) is 51.0 Å². The van der Waals surface area contributed by atoms with Crippen molar-refractivity contribution >= 4 is 6.09 Å². The van der Waals surface area contributed by atoms with E-state index in [2.05, 4.69) is 24.4 Å². The lowest BCUT2D eigenvalue weighted by Gasteiger charge is -2.24. The molecule has 0 aromatic carbocycles. The number of carbonyl (C=O) groups is 1. The van der Waals surface area contributed by atoms with Gasteiger partial charge in [-0.1, -0.05) is 27.7 Å². The number of likely N-dealkylation sites (tertiary alicyclic amines) is 1. The molecule has 0 bridgehead atoms. The number of aromatic nitrogens is 4. The van der Waals surface area contributed by atoms with Crippen LogP contribution in [0.15, 0.2) is 37.4 Å². The third kappa shape index (κ3) is 11.4. The average molecular weight is 463 g/mol. The fourth-order valence-electron chi connectivity index (χ4n) is 3.73. The van der Waals surface area contributed by atoms with E-state index in [0.29, 0.717) is 5.92 Å². The van der Waals surface area contributed by atoms with Gasteiger partial charge in [-0.3, -0.25) is 0 Å². The molecule has 0 saturated carbocycles. The van der Waals surface area contributed by atoms with Crippen molar-refractivity contribution in [2.75, 3.05) is 26.2 Å². The highest BCUT2D eigenvalue weighted by Crippen LogP contribution is 2.20. The molecular formula is C25H46N6O2. The van der Waals surface area contributed by atoms with Crippen molar-refractivity contribution in [2.24, 2.45) is 11.8 Å². The molecule has 4 heterocycles. The molecule has 4 rings (SSSR count). The zero-order valence-electron chi connectivity index (χ0n) is 21.8. The smallest absolute Gasteiger partial charge is 0.410 e. The molecule has 0 radical (unpaired) electrons. The van der Waals surface area contributed by atoms with Gasteiger partial charge in [-0.05, 0) is 58.5 Å². The van der Waals surface area contributed by atoms with E-state index >= 15 is 0 Å². The Morgan fingerprint density at radius 2 is 1.55 bits per heavy atom. The molecule has 188 valence electrons. The summed E-state index contributed by atoms with van der Waals surface area (Å²) in [6.07, 6.45) is 13.4. The minimum Gasteiger partial charge on any atom is -0.444 e. The Balaban J connectivity index is 0.000000310. The Labute approximate surface area is 200 Å². The Bertz CT molecular complexity index is 719. The van der Waals surface area contributed by atoms with Crippen LogP contribution >= 0.6 is 0 Å². The second-order valence-electron chi connectivity index (χ2n) is 8.96. The highest BCUT2D eigenvalue weighted by molar-refractivity contribution is 5.68. The van der Waals surface area contributed by atoms with Crippen LogP contribution in [0, 0.1) is 11.8 Å². The zero-order valence-corrected chi connectivity index (χ0v) is 21.8. The summed E-state index contributed by atoms with van der Waals surface area (Å²) < 4.78 is 9.58. The summed E-state index contributed by atoms with van der Waals surface area (Å²) >= 11 is 0. The lowest BCUT2D eigenvalue weighted by Crippen LogP contribution is -2.35. The predicted molar refractivity (Wildman–Crippen MR) is 134 cm³/mol. The van der Waals surface area contributed by atoms with E-state index in [1.54, 1.807) is 11.1 Å². The van der Waals surface area contributed by atoms with Gasteiger partial charge in [0.1, 0.15) is 5.60 Å². The average Bonchev–Trinajstić information content (AvgIpc) is 3.60. The molecule has 8 nitrogen and oxygen atoms in total. The van der Waals surface area contributed by atoms with Gasteiger partial charge >= 0.3 is 6.09 Å². The summed E-state index contributed by atoms with van der Waals surface area (Å²) in [6.45, 7) is 19.6. The van der Waals surface area contributed by atoms with Gasteiger partial charge < -0.3 is 24.1 Å². The normalized spacial score (nSPS) is 19.4. The van der Waals surface area contributed by atoms with Crippen molar-refractivity contribution in [2.45, 2.75) is 80.0 Å². The first-order valence-corrected chi connectivity index (χ1v) is 12.5. The Hall–Kier alpha value is -2.35. The van der Waals surface area contributed by atoms with E-state index < -0.39 is 5.60 Å². The largest absolute Gasteiger partial charge is 0.444 e. The lowest BCUT2D eigenvalue weighted by molar-refractivity contribution is 0.0287. The van der Waals surface area contributed by atoms with Gasteiger partial charge in [-0.2, -0.15) is 0 Å². The van der Waals surface area contributed by atoms with Crippen LogP contribution in [-0.2, 0) is 17.8 Å². The minimum atomic E-state index is -0.417. The van der Waals surface area contributed by atoms with Gasteiger partial charge in [0.05, 0.1) is 12.7 Å². The number of carbonyl (C=O) groups excluding carboxylic acids is 1. The molecule has 2 aromatic heterocycles. The summed E-state index contributed by atoms with van der Waals surface area (Å²) in [5, 5.41) is 3.35. The Kier molecular flexibility index (Phi) is 13.5. The van der Waals surface area contributed by atoms with Crippen molar-refractivity contribution in [1.29, 1.82) is 0 Å². The first-order chi connectivity index (χ1) is 15.9. The summed E-state index contributed by atoms with van der Waals surface area (Å²) in [4.78, 5) is 21.7. The molecule has 2 aliphatic rings. The van der Waals surface area contributed by atoms with Gasteiger partial charge in [0.15, 0.2) is 0 Å². The SMILES string of the molecule is CC.CC.CC(C)(C)OC(=O)N1CC[C@@H](Cn2ccnc2)C1.c1cn(C[C@@H]2CCNC2)cn1. The fourth-order valence-corrected chi connectivity index (χ4v) is 3.73. The summed E-state index contributed by atoms with van der Waals surface area (Å²) in [7, 11) is 0. The van der Waals surface area contributed by atoms with Crippen LogP contribution in [0.5, 0.6) is 0 Å². The van der Waals surface area contributed by atoms with Crippen molar-refractivity contribution in [3.05, 3.63) is 37.4 Å². The minimum absolute atomic E-state index is 0.198. The second kappa shape index (κ2) is 15.5. The molecule has 2 aromatic rings. The number of hydrogen-bond donors (Lipinski definition) is 1. The lowest BCUT2D eigenvalue weighted by atomic mass is 10.1. The highest BCUT2D eigenvalue weighted by atomic mass is 16.6. The molecule has 33 heavy (non-hydrogen) atoms. The van der Waals surface area contributed by atoms with Gasteiger partial charge in [0.25, 0.3) is 0 Å². The van der Waals surface area contributed by atoms with Crippen LogP contribution in [0.2, 0.25) is 0 Å². The van der Waals surface area contributed by atoms with Gasteiger partial charge in [-0.25, -0.2) is 14.8 Å². The van der Waals surface area contributed by atoms with Crippen LogP contribution in [0.3, 0.4) is 0 Å². The zero-order chi connectivity index (χ0) is 24.7. The quantitative estimate of drug-likeness (QED) is 0.713. The molecule has 0 spiro atoms. The molecule has 2 saturated heterocycles. The first-order valence-electron chi connectivity index (χ1n) is 12.5. The number of rotatable bonds is 4. The third-order valence-electron chi connectivity index (χ3n) is 5.16. The maximum absolute atomic E-state index is 11.9. The number of nitrogens with zero attached hydrogens (tertiary/aromatic N) is 5. The number of nitrogens with one attached hydrogen (secondary N) is 1. The standard InChI is InChI=1S/C13H21N3O2.C8H13N3.2C2H6/c1-13(2,3)18-12(17)16-6-4-11(9-16)8-15-7-5-14-10-15;1-2-9-5-8(1)6-11-4-3-10-7-11;2*1-2/h5,7,10-11H,4,6,8-9H2,1-3H3;3-4,7-9H,1-2,5-6H2;2*1-2H3/t11-;8-;;/m01../s1. The molecule has 1 N–H and O–H groups in total. The van der Waals surface area contributed by atoms with E-state index in [1.807, 2.05) is 79.7 Å². The van der Waals surface area contributed by atoms with Crippen LogP contribution in [0.1, 0.15) is 61.3 Å². The van der Waals surface area contributed by atoms with E-state index in [-0.39, 0.29) is 6.09 Å². The van der Waals surface area contributed by atoms with Gasteiger partial charge in [-0.15, -0.1) is 0 Å². The van der Waals surface area contributed by atoms with E-state index in [4.69, 9.17) is 4.74 Å². The van der Waals surface area contributed by atoms with Gasteiger partial charge in [0.2, 0.25) is 0 Å². The third-order valence-corrected chi connectivity index (χ3v) is 5.16. The molecule has 8 heteroatoms. The molecule has 0 aliphatic carbocycles. The van der Waals surface area contributed by atoms with Crippen LogP contribution in [0.4, 0.5) is 4.79 Å². The molecule has 2 aliphatic heterocycles. The van der Waals surface area contributed by atoms with Crippen molar-refractivity contribution in [3.63, 3.8) is 0 Å². The summed E-state index contributed by atoms with van der Waals surface area (Å²) in [5.41, 5.74) is -0.417. The molecule has 1 amide bonds. The fraction of sp³-hybridized carbons (Fsp3) is 0.720. The number of amides is 1. The van der Waals surface area contributed by atoms with Crippen LogP contribution < -0.4 is 5.32 Å². The molecule has 0 unspecified atom stereocenters. The molecular weight excluding hydrogens is 416 g/mol. The van der Waals surface area contributed by atoms with Crippen LogP contribution in [0.25, 0.3) is 0 Å². The van der Waals surface area contributed by atoms with E-state index in [9.17, 15) is 4.79 Å². The number of imidazole rings is 2. The monoisotopic (exact) mass is 462 g/mol. The Morgan fingerprint density at radius 3 is 2.00 bits per heavy atom. The van der Waals surface area contributed by atoms with Crippen LogP contribution in [-0.4, -0.2) is 61.9 Å². The maximum Gasteiger partial charge on any atom is 0.410 e. The summed E-state index contributed by atoms with van der Waals surface area (Å²) in [5.74, 6) is 1.30. The second-order valence-corrected chi connectivity index (χ2v) is 8.96. The van der Waals surface area contributed by atoms with Crippen molar-refractivity contribution in [3.8, 4) is 0 Å². The number of hydrogen-bond acceptors (Lipinski definition) is 5. The first kappa shape index (κ1) is 28.7. The topological polar surface area (TPSA) is 77.2 Å². The van der Waals surface area contributed by atoms with Crippen molar-refractivity contribution < 1.29 is 9.53 Å². The molecule has 2 fully saturated rings. The number of ether oxygens (including phenoxy) is 1. The Morgan fingerprint density at radius 1 is 0.970 bits per heavy atom. The summed E-state index contributed by atoms with van der Waals surface area (Å²) in [6, 6.07) is 0. The van der Waals surface area contributed by atoms with E-state index in [0.717, 1.165) is 45.1 Å². The highest BCUT2D eigenvalue weighted by Gasteiger charge is 2.29.